The van der Waals surface area contributed by atoms with Crippen molar-refractivity contribution >= 4 is 0 Å². The van der Waals surface area contributed by atoms with Crippen LogP contribution in [0.2, 0.25) is 0 Å². The summed E-state index contributed by atoms with van der Waals surface area (Å²) in [5, 5.41) is 22.2. The number of aliphatic hydroxyl groups is 1. The number of alkyl halides is 3. The van der Waals surface area contributed by atoms with Gasteiger partial charge in [-0.25, -0.2) is 4.68 Å². The maximum atomic E-state index is 13.0. The van der Waals surface area contributed by atoms with Crippen LogP contribution in [0.25, 0.3) is 0 Å². The zero-order chi connectivity index (χ0) is 19.7. The third-order valence-corrected chi connectivity index (χ3v) is 5.85. The van der Waals surface area contributed by atoms with E-state index in [0.717, 1.165) is 43.4 Å². The van der Waals surface area contributed by atoms with Crippen LogP contribution in [-0.4, -0.2) is 49.4 Å². The fourth-order valence-electron chi connectivity index (χ4n) is 4.31. The largest absolute Gasteiger partial charge is 0.416 e. The molecule has 1 aliphatic heterocycles. The Labute approximate surface area is 161 Å². The highest BCUT2D eigenvalue weighted by atomic mass is 19.4. The lowest BCUT2D eigenvalue weighted by Gasteiger charge is -2.36. The van der Waals surface area contributed by atoms with Gasteiger partial charge < -0.3 is 5.11 Å². The lowest BCUT2D eigenvalue weighted by atomic mass is 9.98. The first-order chi connectivity index (χ1) is 13.4. The number of likely N-dealkylation sites (tertiary alicyclic amines) is 1. The Hall–Kier alpha value is -2.00. The molecule has 0 radical (unpaired) electrons. The topological polar surface area (TPSA) is 67.1 Å². The molecule has 0 spiro atoms. The first kappa shape index (κ1) is 19.3. The van der Waals surface area contributed by atoms with Crippen molar-refractivity contribution in [2.24, 2.45) is 0 Å². The summed E-state index contributed by atoms with van der Waals surface area (Å²) in [6, 6.07) is 5.18. The van der Waals surface area contributed by atoms with Crippen molar-refractivity contribution in [3.63, 3.8) is 0 Å². The van der Waals surface area contributed by atoms with E-state index in [9.17, 15) is 18.3 Å². The van der Waals surface area contributed by atoms with E-state index in [1.807, 2.05) is 4.68 Å². The highest BCUT2D eigenvalue weighted by Crippen LogP contribution is 2.36. The second-order valence-corrected chi connectivity index (χ2v) is 7.71. The molecule has 0 amide bonds. The number of hydrogen-bond acceptors (Lipinski definition) is 5. The third kappa shape index (κ3) is 3.91. The highest BCUT2D eigenvalue weighted by Gasteiger charge is 2.34. The minimum absolute atomic E-state index is 0.234. The van der Waals surface area contributed by atoms with E-state index in [1.165, 1.54) is 12.1 Å². The third-order valence-electron chi connectivity index (χ3n) is 5.85. The van der Waals surface area contributed by atoms with Gasteiger partial charge in [-0.15, -0.1) is 5.10 Å². The summed E-state index contributed by atoms with van der Waals surface area (Å²) < 4.78 is 40.8. The summed E-state index contributed by atoms with van der Waals surface area (Å²) in [6.07, 6.45) is 0.831. The zero-order valence-electron chi connectivity index (χ0n) is 15.5. The molecule has 1 atom stereocenters. The van der Waals surface area contributed by atoms with Crippen molar-refractivity contribution in [3.05, 3.63) is 41.2 Å². The number of piperidine rings is 1. The molecule has 9 heteroatoms. The maximum Gasteiger partial charge on any atom is 0.416 e. The first-order valence-corrected chi connectivity index (χ1v) is 9.80. The van der Waals surface area contributed by atoms with Gasteiger partial charge in [0.2, 0.25) is 0 Å². The Kier molecular flexibility index (Phi) is 5.37. The van der Waals surface area contributed by atoms with Crippen LogP contribution >= 0.6 is 0 Å². The van der Waals surface area contributed by atoms with Crippen LogP contribution in [0, 0.1) is 0 Å². The first-order valence-electron chi connectivity index (χ1n) is 9.80. The zero-order valence-corrected chi connectivity index (χ0v) is 15.5. The van der Waals surface area contributed by atoms with Gasteiger partial charge in [0.1, 0.15) is 0 Å². The predicted molar refractivity (Wildman–Crippen MR) is 95.4 cm³/mol. The molecule has 0 bridgehead atoms. The van der Waals surface area contributed by atoms with E-state index in [0.29, 0.717) is 31.8 Å². The number of nitrogens with zero attached hydrogens (tertiary/aromatic N) is 5. The van der Waals surface area contributed by atoms with Gasteiger partial charge in [-0.3, -0.25) is 4.90 Å². The van der Waals surface area contributed by atoms with Gasteiger partial charge in [0.05, 0.1) is 23.8 Å². The average Bonchev–Trinajstić information content (AvgIpc) is 3.35. The summed E-state index contributed by atoms with van der Waals surface area (Å²) in [5.41, 5.74) is 0.0675. The molecule has 1 saturated carbocycles. The van der Waals surface area contributed by atoms with E-state index >= 15 is 0 Å². The van der Waals surface area contributed by atoms with Crippen LogP contribution in [0.1, 0.15) is 67.6 Å². The van der Waals surface area contributed by atoms with Crippen molar-refractivity contribution in [1.29, 1.82) is 0 Å². The van der Waals surface area contributed by atoms with Crippen molar-refractivity contribution in [2.45, 2.75) is 62.9 Å². The Bertz CT molecular complexity index is 778. The molecule has 2 heterocycles. The normalized spacial score (nSPS) is 21.3. The van der Waals surface area contributed by atoms with Crippen molar-refractivity contribution in [2.75, 3.05) is 13.1 Å². The number of aromatic nitrogens is 4. The number of benzene rings is 1. The lowest BCUT2D eigenvalue weighted by molar-refractivity contribution is -0.137. The summed E-state index contributed by atoms with van der Waals surface area (Å²) in [4.78, 5) is 2.16. The molecule has 1 aromatic carbocycles. The molecule has 4 rings (SSSR count). The number of hydrogen-bond donors (Lipinski definition) is 1. The van der Waals surface area contributed by atoms with E-state index in [2.05, 4.69) is 20.4 Å². The van der Waals surface area contributed by atoms with Gasteiger partial charge in [0.15, 0.2) is 5.82 Å². The standard InChI is InChI=1S/C19H24F3N5O/c20-19(21,22)14-7-5-13(6-8-14)17(26-11-9-16(28)10-12-26)18-23-24-25-27(18)15-3-1-2-4-15/h5-8,15-17,28H,1-4,9-12H2. The van der Waals surface area contributed by atoms with E-state index < -0.39 is 11.7 Å². The van der Waals surface area contributed by atoms with Crippen LogP contribution in [0.4, 0.5) is 13.2 Å². The van der Waals surface area contributed by atoms with Gasteiger partial charge in [-0.1, -0.05) is 25.0 Å². The molecular weight excluding hydrogens is 371 g/mol. The monoisotopic (exact) mass is 395 g/mol. The molecule has 2 aliphatic rings. The number of aliphatic hydroxyl groups excluding tert-OH is 1. The molecule has 6 nitrogen and oxygen atoms in total. The quantitative estimate of drug-likeness (QED) is 0.860. The molecule has 1 saturated heterocycles. The van der Waals surface area contributed by atoms with Crippen LogP contribution < -0.4 is 0 Å². The van der Waals surface area contributed by atoms with Gasteiger partial charge >= 0.3 is 6.18 Å². The molecule has 152 valence electrons. The van der Waals surface area contributed by atoms with Crippen molar-refractivity contribution in [1.82, 2.24) is 25.1 Å². The lowest BCUT2D eigenvalue weighted by Crippen LogP contribution is -2.40. The molecule has 1 aromatic heterocycles. The minimum atomic E-state index is -4.37. The van der Waals surface area contributed by atoms with Gasteiger partial charge in [-0.05, 0) is 53.8 Å². The van der Waals surface area contributed by atoms with E-state index in [4.69, 9.17) is 0 Å². The number of halogens is 3. The van der Waals surface area contributed by atoms with Crippen LogP contribution in [0.5, 0.6) is 0 Å². The second kappa shape index (κ2) is 7.79. The van der Waals surface area contributed by atoms with Gasteiger partial charge in [0, 0.05) is 13.1 Å². The average molecular weight is 395 g/mol. The van der Waals surface area contributed by atoms with Crippen LogP contribution in [0.15, 0.2) is 24.3 Å². The maximum absolute atomic E-state index is 13.0. The number of tetrazole rings is 1. The molecular formula is C19H24F3N5O. The van der Waals surface area contributed by atoms with Crippen molar-refractivity contribution < 1.29 is 18.3 Å². The molecule has 28 heavy (non-hydrogen) atoms. The molecule has 2 fully saturated rings. The van der Waals surface area contributed by atoms with Crippen molar-refractivity contribution in [3.8, 4) is 0 Å². The van der Waals surface area contributed by atoms with Gasteiger partial charge in [-0.2, -0.15) is 13.2 Å². The SMILES string of the molecule is OC1CCN(C(c2ccc(C(F)(F)F)cc2)c2nnnn2C2CCCC2)CC1. The summed E-state index contributed by atoms with van der Waals surface area (Å²) in [5.74, 6) is 0.669. The summed E-state index contributed by atoms with van der Waals surface area (Å²) in [6.45, 7) is 1.29. The second-order valence-electron chi connectivity index (χ2n) is 7.71. The summed E-state index contributed by atoms with van der Waals surface area (Å²) >= 11 is 0. The Morgan fingerprint density at radius 1 is 1.00 bits per heavy atom. The fraction of sp³-hybridized carbons (Fsp3) is 0.632. The van der Waals surface area contributed by atoms with E-state index in [-0.39, 0.29) is 18.2 Å². The number of rotatable bonds is 4. The molecule has 2 aromatic rings. The molecule has 1 N–H and O–H groups in total. The fourth-order valence-corrected chi connectivity index (χ4v) is 4.31. The van der Waals surface area contributed by atoms with Gasteiger partial charge in [0.25, 0.3) is 0 Å². The van der Waals surface area contributed by atoms with E-state index in [1.54, 1.807) is 0 Å². The molecule has 1 unspecified atom stereocenters. The Morgan fingerprint density at radius 2 is 1.64 bits per heavy atom. The smallest absolute Gasteiger partial charge is 0.393 e. The Balaban J connectivity index is 1.70. The van der Waals surface area contributed by atoms with Crippen LogP contribution in [0.3, 0.4) is 0 Å². The highest BCUT2D eigenvalue weighted by molar-refractivity contribution is 5.30. The summed E-state index contributed by atoms with van der Waals surface area (Å²) in [7, 11) is 0. The predicted octanol–water partition coefficient (Wildman–Crippen LogP) is 3.35. The minimum Gasteiger partial charge on any atom is -0.393 e. The Morgan fingerprint density at radius 3 is 2.25 bits per heavy atom. The van der Waals surface area contributed by atoms with Crippen LogP contribution in [-0.2, 0) is 6.18 Å². The molecule has 1 aliphatic carbocycles.